The maximum Gasteiger partial charge on any atom is 0.216 e. The summed E-state index contributed by atoms with van der Waals surface area (Å²) in [6.45, 7) is 7.36. The standard InChI is InChI=1S/C20H34N4O2S/c1-5-20(11-8-12-20)15-23-19(21-4)22-13-17-9-6-7-10-18(17)14-27(25,26)24-16(2)3/h6-7,9-10,16,24H,5,8,11-15H2,1-4H3,(H2,21,22,23). The van der Waals surface area contributed by atoms with Gasteiger partial charge in [0, 0.05) is 26.2 Å². The molecule has 27 heavy (non-hydrogen) atoms. The van der Waals surface area contributed by atoms with Crippen LogP contribution < -0.4 is 15.4 Å². The van der Waals surface area contributed by atoms with Crippen molar-refractivity contribution >= 4 is 16.0 Å². The number of hydrogen-bond donors (Lipinski definition) is 3. The molecule has 0 spiro atoms. The Hall–Kier alpha value is -1.60. The lowest BCUT2D eigenvalue weighted by atomic mass is 9.67. The zero-order valence-corrected chi connectivity index (χ0v) is 17.8. The monoisotopic (exact) mass is 394 g/mol. The number of nitrogens with zero attached hydrogens (tertiary/aromatic N) is 1. The van der Waals surface area contributed by atoms with Gasteiger partial charge in [-0.3, -0.25) is 4.99 Å². The van der Waals surface area contributed by atoms with E-state index in [2.05, 4.69) is 27.3 Å². The zero-order valence-electron chi connectivity index (χ0n) is 17.0. The van der Waals surface area contributed by atoms with Crippen LogP contribution >= 0.6 is 0 Å². The highest BCUT2D eigenvalue weighted by molar-refractivity contribution is 7.88. The molecule has 0 aromatic heterocycles. The van der Waals surface area contributed by atoms with Gasteiger partial charge in [0.1, 0.15) is 0 Å². The molecular weight excluding hydrogens is 360 g/mol. The van der Waals surface area contributed by atoms with Gasteiger partial charge in [-0.1, -0.05) is 37.6 Å². The molecule has 6 nitrogen and oxygen atoms in total. The van der Waals surface area contributed by atoms with Crippen molar-refractivity contribution in [2.24, 2.45) is 10.4 Å². The molecule has 0 amide bonds. The van der Waals surface area contributed by atoms with Gasteiger partial charge in [0.15, 0.2) is 5.96 Å². The SMILES string of the molecule is CCC1(CNC(=NC)NCc2ccccc2CS(=O)(=O)NC(C)C)CCC1. The third-order valence-electron chi connectivity index (χ3n) is 5.34. The fourth-order valence-corrected chi connectivity index (χ4v) is 4.97. The van der Waals surface area contributed by atoms with Crippen LogP contribution in [0.4, 0.5) is 0 Å². The minimum absolute atomic E-state index is 0.0198. The van der Waals surface area contributed by atoms with Gasteiger partial charge in [-0.25, -0.2) is 13.1 Å². The van der Waals surface area contributed by atoms with Gasteiger partial charge in [0.05, 0.1) is 5.75 Å². The number of benzene rings is 1. The van der Waals surface area contributed by atoms with E-state index in [1.165, 1.54) is 25.7 Å². The first-order valence-corrected chi connectivity index (χ1v) is 11.5. The van der Waals surface area contributed by atoms with Crippen molar-refractivity contribution in [2.45, 2.75) is 64.8 Å². The van der Waals surface area contributed by atoms with Crippen molar-refractivity contribution in [3.63, 3.8) is 0 Å². The molecule has 1 aromatic carbocycles. The molecule has 0 radical (unpaired) electrons. The number of rotatable bonds is 9. The normalized spacial score (nSPS) is 16.9. The Morgan fingerprint density at radius 1 is 1.19 bits per heavy atom. The summed E-state index contributed by atoms with van der Waals surface area (Å²) in [5.74, 6) is 0.737. The fraction of sp³-hybridized carbons (Fsp3) is 0.650. The third-order valence-corrected chi connectivity index (χ3v) is 6.87. The number of sulfonamides is 1. The maximum absolute atomic E-state index is 12.3. The molecule has 1 fully saturated rings. The largest absolute Gasteiger partial charge is 0.356 e. The molecule has 0 atom stereocenters. The Morgan fingerprint density at radius 3 is 2.37 bits per heavy atom. The number of nitrogens with one attached hydrogen (secondary N) is 3. The van der Waals surface area contributed by atoms with E-state index in [-0.39, 0.29) is 11.8 Å². The Morgan fingerprint density at radius 2 is 1.85 bits per heavy atom. The number of aliphatic imine (C=N–C) groups is 1. The summed E-state index contributed by atoms with van der Waals surface area (Å²) >= 11 is 0. The van der Waals surface area contributed by atoms with Crippen molar-refractivity contribution in [3.05, 3.63) is 35.4 Å². The van der Waals surface area contributed by atoms with Crippen LogP contribution in [0.15, 0.2) is 29.3 Å². The van der Waals surface area contributed by atoms with Gasteiger partial charge < -0.3 is 10.6 Å². The van der Waals surface area contributed by atoms with Gasteiger partial charge in [0.25, 0.3) is 0 Å². The highest BCUT2D eigenvalue weighted by Crippen LogP contribution is 2.42. The molecule has 1 saturated carbocycles. The Bertz CT molecular complexity index is 735. The second kappa shape index (κ2) is 9.55. The first-order valence-electron chi connectivity index (χ1n) is 9.80. The van der Waals surface area contributed by atoms with Crippen LogP contribution in [-0.2, 0) is 22.3 Å². The van der Waals surface area contributed by atoms with Gasteiger partial charge in [-0.15, -0.1) is 0 Å². The highest BCUT2D eigenvalue weighted by Gasteiger charge is 2.34. The summed E-state index contributed by atoms with van der Waals surface area (Å²) in [5.41, 5.74) is 2.17. The summed E-state index contributed by atoms with van der Waals surface area (Å²) in [7, 11) is -1.59. The summed E-state index contributed by atoms with van der Waals surface area (Å²) < 4.78 is 27.2. The lowest BCUT2D eigenvalue weighted by Gasteiger charge is -2.41. The lowest BCUT2D eigenvalue weighted by molar-refractivity contribution is 0.131. The van der Waals surface area contributed by atoms with Crippen molar-refractivity contribution in [3.8, 4) is 0 Å². The predicted octanol–water partition coefficient (Wildman–Crippen LogP) is 2.76. The van der Waals surface area contributed by atoms with Gasteiger partial charge in [-0.05, 0) is 49.7 Å². The van der Waals surface area contributed by atoms with E-state index in [1.54, 1.807) is 7.05 Å². The Labute approximate surface area is 164 Å². The van der Waals surface area contributed by atoms with Crippen LogP contribution in [0.3, 0.4) is 0 Å². The molecule has 7 heteroatoms. The number of hydrogen-bond acceptors (Lipinski definition) is 3. The Balaban J connectivity index is 1.96. The molecule has 1 aliphatic carbocycles. The van der Waals surface area contributed by atoms with Crippen LogP contribution in [0, 0.1) is 5.41 Å². The molecular formula is C20H34N4O2S. The summed E-state index contributed by atoms with van der Waals surface area (Å²) in [4.78, 5) is 4.31. The van der Waals surface area contributed by atoms with E-state index in [4.69, 9.17) is 0 Å². The van der Waals surface area contributed by atoms with E-state index in [0.717, 1.165) is 23.6 Å². The molecule has 0 unspecified atom stereocenters. The minimum Gasteiger partial charge on any atom is -0.356 e. The average Bonchev–Trinajstić information content (AvgIpc) is 2.56. The van der Waals surface area contributed by atoms with Gasteiger partial charge in [0.2, 0.25) is 10.0 Å². The minimum atomic E-state index is -3.35. The van der Waals surface area contributed by atoms with Crippen molar-refractivity contribution < 1.29 is 8.42 Å². The molecule has 1 aliphatic rings. The molecule has 2 rings (SSSR count). The predicted molar refractivity (Wildman–Crippen MR) is 112 cm³/mol. The summed E-state index contributed by atoms with van der Waals surface area (Å²) in [5, 5.41) is 6.76. The molecule has 0 saturated heterocycles. The van der Waals surface area contributed by atoms with Crippen molar-refractivity contribution in [1.82, 2.24) is 15.4 Å². The van der Waals surface area contributed by atoms with Crippen molar-refractivity contribution in [2.75, 3.05) is 13.6 Å². The van der Waals surface area contributed by atoms with Crippen LogP contribution in [0.25, 0.3) is 0 Å². The number of guanidine groups is 1. The van der Waals surface area contributed by atoms with Crippen LogP contribution in [-0.4, -0.2) is 34.0 Å². The van der Waals surface area contributed by atoms with Gasteiger partial charge >= 0.3 is 0 Å². The maximum atomic E-state index is 12.3. The molecule has 3 N–H and O–H groups in total. The second-order valence-corrected chi connectivity index (χ2v) is 9.54. The van der Waals surface area contributed by atoms with E-state index in [1.807, 2.05) is 38.1 Å². The van der Waals surface area contributed by atoms with E-state index >= 15 is 0 Å². The van der Waals surface area contributed by atoms with Crippen LogP contribution in [0.1, 0.15) is 57.6 Å². The van der Waals surface area contributed by atoms with Crippen molar-refractivity contribution in [1.29, 1.82) is 0 Å². The Kier molecular flexibility index (Phi) is 7.68. The summed E-state index contributed by atoms with van der Waals surface area (Å²) in [6.07, 6.45) is 5.04. The topological polar surface area (TPSA) is 82.6 Å². The lowest BCUT2D eigenvalue weighted by Crippen LogP contribution is -2.46. The molecule has 0 bridgehead atoms. The first-order chi connectivity index (χ1) is 12.8. The summed E-state index contributed by atoms with van der Waals surface area (Å²) in [6, 6.07) is 7.52. The smallest absolute Gasteiger partial charge is 0.216 e. The molecule has 0 aliphatic heterocycles. The zero-order chi connectivity index (χ0) is 19.9. The van der Waals surface area contributed by atoms with E-state index in [0.29, 0.717) is 12.0 Å². The third kappa shape index (κ3) is 6.50. The van der Waals surface area contributed by atoms with E-state index < -0.39 is 10.0 Å². The molecule has 152 valence electrons. The average molecular weight is 395 g/mol. The fourth-order valence-electron chi connectivity index (χ4n) is 3.48. The van der Waals surface area contributed by atoms with E-state index in [9.17, 15) is 8.42 Å². The first kappa shape index (κ1) is 21.7. The van der Waals surface area contributed by atoms with Crippen LogP contribution in [0.5, 0.6) is 0 Å². The quantitative estimate of drug-likeness (QED) is 0.444. The van der Waals surface area contributed by atoms with Crippen LogP contribution in [0.2, 0.25) is 0 Å². The van der Waals surface area contributed by atoms with Gasteiger partial charge in [-0.2, -0.15) is 0 Å². The highest BCUT2D eigenvalue weighted by atomic mass is 32.2. The second-order valence-electron chi connectivity index (χ2n) is 7.79. The molecule has 1 aromatic rings. The molecule has 0 heterocycles.